The largest absolute Gasteiger partial charge is 0.497 e. The Bertz CT molecular complexity index is 688. The highest BCUT2D eigenvalue weighted by Crippen LogP contribution is 2.25. The first kappa shape index (κ1) is 20.0. The molecule has 0 aliphatic rings. The molecule has 5 nitrogen and oxygen atoms in total. The van der Waals surface area contributed by atoms with E-state index in [1.54, 1.807) is 14.2 Å². The molecule has 6 heteroatoms. The molecule has 0 heterocycles. The number of thioether (sulfide) groups is 1. The number of hydrogen-bond donors (Lipinski definition) is 1. The summed E-state index contributed by atoms with van der Waals surface area (Å²) in [6, 6.07) is 14.9. The van der Waals surface area contributed by atoms with Crippen molar-refractivity contribution in [2.75, 3.05) is 20.8 Å². The van der Waals surface area contributed by atoms with Gasteiger partial charge in [-0.3, -0.25) is 4.79 Å². The van der Waals surface area contributed by atoms with Gasteiger partial charge in [-0.15, -0.1) is 11.8 Å². The third kappa shape index (κ3) is 6.19. The monoisotopic (exact) mass is 375 g/mol. The minimum absolute atomic E-state index is 0.0170. The van der Waals surface area contributed by atoms with Gasteiger partial charge in [0.15, 0.2) is 0 Å². The maximum absolute atomic E-state index is 12.3. The van der Waals surface area contributed by atoms with Crippen LogP contribution in [0.3, 0.4) is 0 Å². The normalized spacial score (nSPS) is 12.8. The number of carbonyl (C=O) groups excluding carboxylic acids is 1. The molecule has 0 unspecified atom stereocenters. The fourth-order valence-corrected chi connectivity index (χ4v) is 3.08. The highest BCUT2D eigenvalue weighted by Gasteiger charge is 2.17. The highest BCUT2D eigenvalue weighted by atomic mass is 32.2. The van der Waals surface area contributed by atoms with Crippen LogP contribution in [0, 0.1) is 0 Å². The molecule has 2 atom stereocenters. The lowest BCUT2D eigenvalue weighted by atomic mass is 10.3. The molecule has 0 spiro atoms. The zero-order valence-electron chi connectivity index (χ0n) is 15.5. The molecule has 0 bridgehead atoms. The smallest absolute Gasteiger partial charge is 0.233 e. The Morgan fingerprint density at radius 3 is 1.96 bits per heavy atom. The van der Waals surface area contributed by atoms with E-state index in [2.05, 4.69) is 5.32 Å². The van der Waals surface area contributed by atoms with Crippen molar-refractivity contribution in [3.05, 3.63) is 48.5 Å². The summed E-state index contributed by atoms with van der Waals surface area (Å²) in [7, 11) is 3.26. The molecule has 0 saturated carbocycles. The van der Waals surface area contributed by atoms with Gasteiger partial charge in [-0.1, -0.05) is 0 Å². The summed E-state index contributed by atoms with van der Waals surface area (Å²) in [5.74, 6) is 2.31. The molecule has 1 N–H and O–H groups in total. The first-order valence-electron chi connectivity index (χ1n) is 8.39. The number of carbonyl (C=O) groups is 1. The van der Waals surface area contributed by atoms with E-state index in [4.69, 9.17) is 14.2 Å². The van der Waals surface area contributed by atoms with Crippen LogP contribution in [-0.2, 0) is 4.79 Å². The van der Waals surface area contributed by atoms with E-state index in [1.807, 2.05) is 62.4 Å². The number of rotatable bonds is 9. The molecule has 0 aromatic heterocycles. The quantitative estimate of drug-likeness (QED) is 0.676. The SMILES string of the molecule is COc1ccc(OC[C@H](C)NC(=O)[C@H](C)Sc2ccc(OC)cc2)cc1. The Balaban J connectivity index is 1.77. The Morgan fingerprint density at radius 1 is 0.923 bits per heavy atom. The zero-order valence-corrected chi connectivity index (χ0v) is 16.3. The Hall–Kier alpha value is -2.34. The van der Waals surface area contributed by atoms with Crippen molar-refractivity contribution in [3.63, 3.8) is 0 Å². The van der Waals surface area contributed by atoms with Gasteiger partial charge in [0.2, 0.25) is 5.91 Å². The van der Waals surface area contributed by atoms with Crippen molar-refractivity contribution in [3.8, 4) is 17.2 Å². The van der Waals surface area contributed by atoms with E-state index in [0.29, 0.717) is 6.61 Å². The van der Waals surface area contributed by atoms with Crippen LogP contribution in [0.2, 0.25) is 0 Å². The summed E-state index contributed by atoms with van der Waals surface area (Å²) in [6.45, 7) is 4.21. The van der Waals surface area contributed by atoms with Crippen LogP contribution in [0.1, 0.15) is 13.8 Å². The molecule has 1 amide bonds. The third-order valence-corrected chi connectivity index (χ3v) is 4.80. The minimum Gasteiger partial charge on any atom is -0.497 e. The summed E-state index contributed by atoms with van der Waals surface area (Å²) >= 11 is 1.51. The van der Waals surface area contributed by atoms with Crippen LogP contribution in [0.4, 0.5) is 0 Å². The van der Waals surface area contributed by atoms with E-state index in [0.717, 1.165) is 22.1 Å². The highest BCUT2D eigenvalue weighted by molar-refractivity contribution is 8.00. The van der Waals surface area contributed by atoms with Crippen LogP contribution in [0.5, 0.6) is 17.2 Å². The maximum Gasteiger partial charge on any atom is 0.233 e. The average Bonchev–Trinajstić information content (AvgIpc) is 2.67. The Labute approximate surface area is 159 Å². The molecule has 0 aliphatic carbocycles. The first-order chi connectivity index (χ1) is 12.5. The Morgan fingerprint density at radius 2 is 1.42 bits per heavy atom. The van der Waals surface area contributed by atoms with Crippen LogP contribution < -0.4 is 19.5 Å². The topological polar surface area (TPSA) is 56.8 Å². The van der Waals surface area contributed by atoms with Crippen molar-refractivity contribution < 1.29 is 19.0 Å². The van der Waals surface area contributed by atoms with Gasteiger partial charge in [0.25, 0.3) is 0 Å². The predicted molar refractivity (Wildman–Crippen MR) is 104 cm³/mol. The number of hydrogen-bond acceptors (Lipinski definition) is 5. The lowest BCUT2D eigenvalue weighted by Crippen LogP contribution is -2.40. The standard InChI is InChI=1S/C20H25NO4S/c1-14(13-25-18-7-5-16(23-3)6-8-18)21-20(22)15(2)26-19-11-9-17(24-4)10-12-19/h5-12,14-15H,13H2,1-4H3,(H,21,22)/t14-,15-/m0/s1. The van der Waals surface area contributed by atoms with Crippen LogP contribution >= 0.6 is 11.8 Å². The number of methoxy groups -OCH3 is 2. The van der Waals surface area contributed by atoms with E-state index in [-0.39, 0.29) is 17.2 Å². The van der Waals surface area contributed by atoms with Gasteiger partial charge in [0, 0.05) is 4.90 Å². The van der Waals surface area contributed by atoms with Crippen molar-refractivity contribution in [2.45, 2.75) is 30.0 Å². The zero-order chi connectivity index (χ0) is 18.9. The Kier molecular flexibility index (Phi) is 7.66. The third-order valence-electron chi connectivity index (χ3n) is 3.69. The molecule has 2 aromatic rings. The first-order valence-corrected chi connectivity index (χ1v) is 9.27. The molecular weight excluding hydrogens is 350 g/mol. The van der Waals surface area contributed by atoms with Crippen LogP contribution in [0.15, 0.2) is 53.4 Å². The summed E-state index contributed by atoms with van der Waals surface area (Å²) in [5, 5.41) is 2.78. The van der Waals surface area contributed by atoms with Crippen molar-refractivity contribution >= 4 is 17.7 Å². The number of amides is 1. The second-order valence-corrected chi connectivity index (χ2v) is 7.25. The van der Waals surface area contributed by atoms with Crippen molar-refractivity contribution in [1.29, 1.82) is 0 Å². The maximum atomic E-state index is 12.3. The summed E-state index contributed by atoms with van der Waals surface area (Å²) in [4.78, 5) is 13.4. The molecule has 2 rings (SSSR count). The van der Waals surface area contributed by atoms with Crippen LogP contribution in [0.25, 0.3) is 0 Å². The van der Waals surface area contributed by atoms with Gasteiger partial charge in [0.05, 0.1) is 25.5 Å². The van der Waals surface area contributed by atoms with Crippen molar-refractivity contribution in [1.82, 2.24) is 5.32 Å². The summed E-state index contributed by atoms with van der Waals surface area (Å²) in [6.07, 6.45) is 0. The fraction of sp³-hybridized carbons (Fsp3) is 0.350. The predicted octanol–water partition coefficient (Wildman–Crippen LogP) is 3.77. The molecule has 26 heavy (non-hydrogen) atoms. The summed E-state index contributed by atoms with van der Waals surface area (Å²) < 4.78 is 16.0. The number of benzene rings is 2. The van der Waals surface area contributed by atoms with E-state index >= 15 is 0 Å². The van der Waals surface area contributed by atoms with Crippen LogP contribution in [-0.4, -0.2) is 38.0 Å². The van der Waals surface area contributed by atoms with E-state index in [1.165, 1.54) is 11.8 Å². The average molecular weight is 375 g/mol. The lowest BCUT2D eigenvalue weighted by molar-refractivity contribution is -0.121. The molecule has 0 saturated heterocycles. The summed E-state index contributed by atoms with van der Waals surface area (Å²) in [5.41, 5.74) is 0. The van der Waals surface area contributed by atoms with Gasteiger partial charge in [-0.25, -0.2) is 0 Å². The van der Waals surface area contributed by atoms with Gasteiger partial charge in [0.1, 0.15) is 23.9 Å². The number of nitrogens with one attached hydrogen (secondary N) is 1. The fourth-order valence-electron chi connectivity index (χ4n) is 2.21. The van der Waals surface area contributed by atoms with Crippen molar-refractivity contribution in [2.24, 2.45) is 0 Å². The second kappa shape index (κ2) is 9.97. The molecule has 0 aliphatic heterocycles. The van der Waals surface area contributed by atoms with E-state index < -0.39 is 0 Å². The lowest BCUT2D eigenvalue weighted by Gasteiger charge is -2.18. The van der Waals surface area contributed by atoms with Gasteiger partial charge in [-0.05, 0) is 62.4 Å². The second-order valence-electron chi connectivity index (χ2n) is 5.83. The number of ether oxygens (including phenoxy) is 3. The molecular formula is C20H25NO4S. The molecule has 2 aromatic carbocycles. The van der Waals surface area contributed by atoms with Gasteiger partial charge >= 0.3 is 0 Å². The van der Waals surface area contributed by atoms with E-state index in [9.17, 15) is 4.79 Å². The van der Waals surface area contributed by atoms with Gasteiger partial charge in [-0.2, -0.15) is 0 Å². The molecule has 0 fully saturated rings. The molecule has 0 radical (unpaired) electrons. The van der Waals surface area contributed by atoms with Gasteiger partial charge < -0.3 is 19.5 Å². The molecule has 140 valence electrons. The minimum atomic E-state index is -0.202.